The van der Waals surface area contributed by atoms with Gasteiger partial charge in [0.05, 0.1) is 0 Å². The first kappa shape index (κ1) is 21.0. The summed E-state index contributed by atoms with van der Waals surface area (Å²) in [6.07, 6.45) is 7.27. The predicted octanol–water partition coefficient (Wildman–Crippen LogP) is 2.48. The zero-order valence-corrected chi connectivity index (χ0v) is 16.4. The van der Waals surface area contributed by atoms with Gasteiger partial charge in [-0.15, -0.1) is 11.6 Å². The van der Waals surface area contributed by atoms with Crippen LogP contribution in [0.3, 0.4) is 0 Å². The van der Waals surface area contributed by atoms with Crippen molar-refractivity contribution in [3.8, 4) is 0 Å². The molecule has 2 aliphatic heterocycles. The van der Waals surface area contributed by atoms with Gasteiger partial charge in [0, 0.05) is 37.1 Å². The van der Waals surface area contributed by atoms with Crippen LogP contribution in [0.2, 0.25) is 0 Å². The van der Waals surface area contributed by atoms with E-state index in [1.807, 2.05) is 0 Å². The lowest BCUT2D eigenvalue weighted by atomic mass is 9.72. The number of amides is 1. The zero-order valence-electron chi connectivity index (χ0n) is 15.7. The molecule has 2 heterocycles. The molecule has 0 radical (unpaired) electrons. The molecule has 0 aromatic carbocycles. The summed E-state index contributed by atoms with van der Waals surface area (Å²) in [4.78, 5) is 11.6. The molecule has 3 rings (SSSR count). The van der Waals surface area contributed by atoms with Crippen molar-refractivity contribution in [2.24, 2.45) is 17.8 Å². The zero-order chi connectivity index (χ0) is 19.4. The van der Waals surface area contributed by atoms with Gasteiger partial charge in [0.25, 0.3) is 0 Å². The Labute approximate surface area is 165 Å². The fraction of sp³-hybridized carbons (Fsp3) is 0.842. The van der Waals surface area contributed by atoms with E-state index in [4.69, 9.17) is 11.6 Å². The van der Waals surface area contributed by atoms with E-state index < -0.39 is 6.55 Å². The van der Waals surface area contributed by atoms with Gasteiger partial charge in [0.1, 0.15) is 0 Å². The SMILES string of the molecule is C=CC(=O)NCC1CNC(C2CCC(Cl)CC2)CC1C1CCN(C(F)F)N1. The molecule has 1 saturated carbocycles. The number of nitrogens with one attached hydrogen (secondary N) is 3. The smallest absolute Gasteiger partial charge is 0.306 e. The Kier molecular flexibility index (Phi) is 7.48. The van der Waals surface area contributed by atoms with Gasteiger partial charge in [0.2, 0.25) is 5.91 Å². The average Bonchev–Trinajstić information content (AvgIpc) is 3.17. The number of piperidine rings is 1. The third-order valence-corrected chi connectivity index (χ3v) is 6.97. The van der Waals surface area contributed by atoms with Gasteiger partial charge in [-0.05, 0) is 62.4 Å². The lowest BCUT2D eigenvalue weighted by Gasteiger charge is -2.44. The summed E-state index contributed by atoms with van der Waals surface area (Å²) in [5.74, 6) is 0.868. The molecular weight excluding hydrogens is 374 g/mol. The summed E-state index contributed by atoms with van der Waals surface area (Å²) in [6, 6.07) is 0.423. The number of hydrazine groups is 1. The normalized spacial score (nSPS) is 38.1. The van der Waals surface area contributed by atoms with Crippen molar-refractivity contribution in [2.75, 3.05) is 19.6 Å². The van der Waals surface area contributed by atoms with Crippen LogP contribution in [0.25, 0.3) is 0 Å². The van der Waals surface area contributed by atoms with Crippen LogP contribution in [-0.4, -0.2) is 54.6 Å². The summed E-state index contributed by atoms with van der Waals surface area (Å²) in [5, 5.41) is 7.89. The first-order valence-corrected chi connectivity index (χ1v) is 10.5. The summed E-state index contributed by atoms with van der Waals surface area (Å²) in [7, 11) is 0. The highest BCUT2D eigenvalue weighted by Crippen LogP contribution is 2.37. The van der Waals surface area contributed by atoms with Crippen molar-refractivity contribution in [3.63, 3.8) is 0 Å². The first-order chi connectivity index (χ1) is 13.0. The highest BCUT2D eigenvalue weighted by atomic mass is 35.5. The number of carbonyl (C=O) groups is 1. The molecule has 8 heteroatoms. The number of nitrogens with zero attached hydrogens (tertiary/aromatic N) is 1. The summed E-state index contributed by atoms with van der Waals surface area (Å²) >= 11 is 6.25. The van der Waals surface area contributed by atoms with Crippen LogP contribution >= 0.6 is 11.6 Å². The van der Waals surface area contributed by atoms with Crippen LogP contribution in [-0.2, 0) is 4.79 Å². The van der Waals surface area contributed by atoms with Crippen LogP contribution in [0, 0.1) is 17.8 Å². The number of carbonyl (C=O) groups excluding carboxylic acids is 1. The highest BCUT2D eigenvalue weighted by Gasteiger charge is 2.42. The largest absolute Gasteiger partial charge is 0.352 e. The Bertz CT molecular complexity index is 516. The summed E-state index contributed by atoms with van der Waals surface area (Å²) < 4.78 is 26.1. The second kappa shape index (κ2) is 9.63. The van der Waals surface area contributed by atoms with Gasteiger partial charge in [-0.25, -0.2) is 5.43 Å². The number of hydrogen-bond acceptors (Lipinski definition) is 4. The maximum Gasteiger partial charge on any atom is 0.306 e. The summed E-state index contributed by atoms with van der Waals surface area (Å²) in [6.45, 7) is 2.70. The molecule has 0 bridgehead atoms. The van der Waals surface area contributed by atoms with Crippen LogP contribution in [0.4, 0.5) is 8.78 Å². The standard InChI is InChI=1S/C19H31ClF2N4O/c1-2-18(27)24-11-13-10-23-17(12-3-5-14(20)6-4-12)9-15(13)16-7-8-26(25-16)19(21)22/h2,12-17,19,23,25H,1,3-11H2,(H,24,27). The second-order valence-electron chi connectivity index (χ2n) is 8.13. The Morgan fingerprint density at radius 3 is 2.63 bits per heavy atom. The highest BCUT2D eigenvalue weighted by molar-refractivity contribution is 6.20. The number of hydrogen-bond donors (Lipinski definition) is 3. The number of rotatable bonds is 6. The number of halogens is 3. The van der Waals surface area contributed by atoms with Gasteiger partial charge in [-0.3, -0.25) is 4.79 Å². The van der Waals surface area contributed by atoms with E-state index in [0.29, 0.717) is 36.8 Å². The van der Waals surface area contributed by atoms with E-state index in [1.54, 1.807) is 0 Å². The molecule has 4 atom stereocenters. The molecular formula is C19H31ClF2N4O. The molecule has 3 N–H and O–H groups in total. The van der Waals surface area contributed by atoms with Crippen LogP contribution in [0.15, 0.2) is 12.7 Å². The van der Waals surface area contributed by atoms with Gasteiger partial charge >= 0.3 is 6.55 Å². The van der Waals surface area contributed by atoms with Gasteiger partial charge < -0.3 is 10.6 Å². The van der Waals surface area contributed by atoms with E-state index in [9.17, 15) is 13.6 Å². The predicted molar refractivity (Wildman–Crippen MR) is 102 cm³/mol. The molecule has 1 amide bonds. The molecule has 154 valence electrons. The lowest BCUT2D eigenvalue weighted by Crippen LogP contribution is -2.56. The molecule has 27 heavy (non-hydrogen) atoms. The first-order valence-electron chi connectivity index (χ1n) is 10.1. The fourth-order valence-corrected chi connectivity index (χ4v) is 5.22. The van der Waals surface area contributed by atoms with E-state index in [1.165, 1.54) is 6.08 Å². The quantitative estimate of drug-likeness (QED) is 0.361. The van der Waals surface area contributed by atoms with Gasteiger partial charge in [0.15, 0.2) is 0 Å². The molecule has 0 aromatic rings. The molecule has 0 spiro atoms. The molecule has 3 aliphatic rings. The second-order valence-corrected chi connectivity index (χ2v) is 8.75. The van der Waals surface area contributed by atoms with E-state index >= 15 is 0 Å². The fourth-order valence-electron chi connectivity index (χ4n) is 4.97. The Morgan fingerprint density at radius 1 is 1.26 bits per heavy atom. The van der Waals surface area contributed by atoms with Crippen molar-refractivity contribution < 1.29 is 13.6 Å². The van der Waals surface area contributed by atoms with Crippen molar-refractivity contribution in [3.05, 3.63) is 12.7 Å². The molecule has 4 unspecified atom stereocenters. The van der Waals surface area contributed by atoms with E-state index in [-0.39, 0.29) is 23.8 Å². The van der Waals surface area contributed by atoms with E-state index in [0.717, 1.165) is 43.7 Å². The monoisotopic (exact) mass is 404 g/mol. The van der Waals surface area contributed by atoms with Crippen LogP contribution in [0.1, 0.15) is 38.5 Å². The maximum atomic E-state index is 13.1. The molecule has 5 nitrogen and oxygen atoms in total. The third-order valence-electron chi connectivity index (χ3n) is 6.53. The van der Waals surface area contributed by atoms with Crippen molar-refractivity contribution in [1.29, 1.82) is 0 Å². The maximum absolute atomic E-state index is 13.1. The molecule has 3 fully saturated rings. The van der Waals surface area contributed by atoms with Crippen molar-refractivity contribution in [2.45, 2.75) is 62.5 Å². The van der Waals surface area contributed by atoms with Crippen molar-refractivity contribution in [1.82, 2.24) is 21.1 Å². The summed E-state index contributed by atoms with van der Waals surface area (Å²) in [5.41, 5.74) is 3.02. The van der Waals surface area contributed by atoms with Gasteiger partial charge in [-0.1, -0.05) is 6.58 Å². The topological polar surface area (TPSA) is 56.4 Å². The van der Waals surface area contributed by atoms with Crippen LogP contribution < -0.4 is 16.1 Å². The van der Waals surface area contributed by atoms with Crippen LogP contribution in [0.5, 0.6) is 0 Å². The average molecular weight is 405 g/mol. The van der Waals surface area contributed by atoms with Crippen molar-refractivity contribution >= 4 is 17.5 Å². The van der Waals surface area contributed by atoms with Gasteiger partial charge in [-0.2, -0.15) is 13.8 Å². The Morgan fingerprint density at radius 2 is 2.00 bits per heavy atom. The molecule has 2 saturated heterocycles. The minimum Gasteiger partial charge on any atom is -0.352 e. The minimum atomic E-state index is -2.48. The van der Waals surface area contributed by atoms with E-state index in [2.05, 4.69) is 22.6 Å². The lowest BCUT2D eigenvalue weighted by molar-refractivity contribution is -0.116. The molecule has 1 aliphatic carbocycles. The Balaban J connectivity index is 1.64. The minimum absolute atomic E-state index is 0.0265. The molecule has 0 aromatic heterocycles. The number of alkyl halides is 3. The third kappa shape index (κ3) is 5.40. The Hall–Kier alpha value is -0.760.